The minimum Gasteiger partial charge on any atom is -0.311 e. The second-order valence-corrected chi connectivity index (χ2v) is 16.8. The van der Waals surface area contributed by atoms with Gasteiger partial charge >= 0.3 is 0 Å². The number of hydrogen-bond donors (Lipinski definition) is 0. The normalized spacial score (nSPS) is 13.8. The van der Waals surface area contributed by atoms with Gasteiger partial charge in [0.25, 0.3) is 13.4 Å². The molecule has 0 bridgehead atoms. The number of anilines is 12. The molecule has 0 amide bonds. The molecular formula is C52H32B2Cl2N6. The Morgan fingerprint density at radius 3 is 1.10 bits per heavy atom. The Balaban J connectivity index is 1.15. The third-order valence-corrected chi connectivity index (χ3v) is 13.2. The van der Waals surface area contributed by atoms with Gasteiger partial charge in [-0.05, 0) is 112 Å². The molecule has 6 heterocycles. The zero-order valence-electron chi connectivity index (χ0n) is 33.1. The third kappa shape index (κ3) is 5.08. The van der Waals surface area contributed by atoms with Gasteiger partial charge in [-0.1, -0.05) is 138 Å². The molecule has 9 aromatic rings. The molecule has 10 heteroatoms. The molecule has 7 aromatic carbocycles. The van der Waals surface area contributed by atoms with Crippen molar-refractivity contribution in [2.24, 2.45) is 0 Å². The van der Waals surface area contributed by atoms with Crippen molar-refractivity contribution in [3.63, 3.8) is 0 Å². The summed E-state index contributed by atoms with van der Waals surface area (Å²) in [5, 5.41) is 0.851. The van der Waals surface area contributed by atoms with E-state index >= 15 is 0 Å². The summed E-state index contributed by atoms with van der Waals surface area (Å²) in [5.41, 5.74) is 17.4. The van der Waals surface area contributed by atoms with Crippen LogP contribution in [0.25, 0.3) is 0 Å². The van der Waals surface area contributed by atoms with Crippen LogP contribution in [0.2, 0.25) is 10.3 Å². The van der Waals surface area contributed by atoms with Crippen molar-refractivity contribution in [3.8, 4) is 0 Å². The number of benzene rings is 7. The predicted octanol–water partition coefficient (Wildman–Crippen LogP) is 9.95. The number of fused-ring (bicyclic) bond motifs is 8. The molecule has 4 aliphatic rings. The Hall–Kier alpha value is -7.25. The van der Waals surface area contributed by atoms with E-state index in [1.165, 1.54) is 21.9 Å². The topological polar surface area (TPSA) is 38.7 Å². The van der Waals surface area contributed by atoms with Crippen LogP contribution in [-0.2, 0) is 0 Å². The van der Waals surface area contributed by atoms with Crippen molar-refractivity contribution in [1.29, 1.82) is 0 Å². The highest BCUT2D eigenvalue weighted by atomic mass is 35.5. The molecule has 13 rings (SSSR count). The van der Waals surface area contributed by atoms with E-state index in [2.05, 4.69) is 196 Å². The lowest BCUT2D eigenvalue weighted by Gasteiger charge is -2.46. The average molecular weight is 833 g/mol. The molecule has 0 radical (unpaired) electrons. The van der Waals surface area contributed by atoms with Gasteiger partial charge in [0.2, 0.25) is 0 Å². The maximum absolute atomic E-state index is 7.15. The lowest BCUT2D eigenvalue weighted by molar-refractivity contribution is 1.16. The molecule has 2 aromatic heterocycles. The van der Waals surface area contributed by atoms with Crippen LogP contribution in [0, 0.1) is 0 Å². The van der Waals surface area contributed by atoms with Crippen LogP contribution in [0.3, 0.4) is 0 Å². The number of para-hydroxylation sites is 6. The van der Waals surface area contributed by atoms with Gasteiger partial charge in [0.1, 0.15) is 21.9 Å². The smallest absolute Gasteiger partial charge is 0.254 e. The minimum absolute atomic E-state index is 0.157. The van der Waals surface area contributed by atoms with Crippen LogP contribution < -0.4 is 52.4 Å². The molecular weight excluding hydrogens is 801 g/mol. The molecule has 4 aliphatic heterocycles. The van der Waals surface area contributed by atoms with Gasteiger partial charge in [-0.2, -0.15) is 0 Å². The van der Waals surface area contributed by atoms with Crippen LogP contribution in [0.4, 0.5) is 68.5 Å². The Labute approximate surface area is 370 Å². The molecule has 290 valence electrons. The fourth-order valence-electron chi connectivity index (χ4n) is 10.4. The molecule has 0 fully saturated rings. The van der Waals surface area contributed by atoms with Gasteiger partial charge in [-0.15, -0.1) is 0 Å². The Morgan fingerprint density at radius 1 is 0.306 bits per heavy atom. The highest BCUT2D eigenvalue weighted by Crippen LogP contribution is 2.48. The fourth-order valence-corrected chi connectivity index (χ4v) is 10.8. The number of hydrogen-bond acceptors (Lipinski definition) is 6. The third-order valence-electron chi connectivity index (χ3n) is 12.8. The van der Waals surface area contributed by atoms with Gasteiger partial charge in [0, 0.05) is 56.9 Å². The minimum atomic E-state index is -0.157. The first kappa shape index (κ1) is 35.5. The van der Waals surface area contributed by atoms with Crippen molar-refractivity contribution in [3.05, 3.63) is 204 Å². The van der Waals surface area contributed by atoms with E-state index < -0.39 is 0 Å². The standard InChI is InChI=1S/C52H32B2Cl2N6/c55-47-31-45-49-52(58-47)62(36-23-11-4-12-24-36)44-30-43-39(29-40(44)53(49)37-25-13-15-27-41(37)59(45)33-17-5-1-6-18-33)54-38-26-14-16-28-42(38)61(35-21-9-3-10-22-35)51-50(54)46(32-48(56)57-51)60(43)34-19-7-2-8-20-34/h1-32H. The zero-order chi connectivity index (χ0) is 41.1. The molecule has 0 atom stereocenters. The second kappa shape index (κ2) is 13.6. The number of nitrogens with zero attached hydrogens (tertiary/aromatic N) is 6. The zero-order valence-corrected chi connectivity index (χ0v) is 34.6. The summed E-state index contributed by atoms with van der Waals surface area (Å²) in [7, 11) is 0. The quantitative estimate of drug-likeness (QED) is 0.130. The molecule has 0 unspecified atom stereocenters. The molecule has 0 saturated carbocycles. The Morgan fingerprint density at radius 2 is 0.645 bits per heavy atom. The van der Waals surface area contributed by atoms with Crippen LogP contribution >= 0.6 is 23.2 Å². The first-order valence-electron chi connectivity index (χ1n) is 20.8. The maximum Gasteiger partial charge on any atom is 0.254 e. The van der Waals surface area contributed by atoms with Crippen LogP contribution in [-0.4, -0.2) is 23.4 Å². The average Bonchev–Trinajstić information content (AvgIpc) is 3.31. The van der Waals surface area contributed by atoms with Gasteiger partial charge in [-0.25, -0.2) is 9.97 Å². The van der Waals surface area contributed by atoms with E-state index in [1.807, 2.05) is 18.2 Å². The Kier molecular flexibility index (Phi) is 7.80. The van der Waals surface area contributed by atoms with Crippen molar-refractivity contribution < 1.29 is 0 Å². The number of aromatic nitrogens is 2. The Bertz CT molecular complexity index is 3050. The van der Waals surface area contributed by atoms with Crippen molar-refractivity contribution in [1.82, 2.24) is 9.97 Å². The monoisotopic (exact) mass is 832 g/mol. The fraction of sp³-hybridized carbons (Fsp3) is 0. The molecule has 6 nitrogen and oxygen atoms in total. The van der Waals surface area contributed by atoms with Crippen LogP contribution in [0.1, 0.15) is 0 Å². The van der Waals surface area contributed by atoms with Crippen LogP contribution in [0.5, 0.6) is 0 Å². The summed E-state index contributed by atoms with van der Waals surface area (Å²) in [6.07, 6.45) is 0. The molecule has 0 saturated heterocycles. The maximum atomic E-state index is 7.15. The van der Waals surface area contributed by atoms with Crippen LogP contribution in [0.15, 0.2) is 194 Å². The number of halogens is 2. The summed E-state index contributed by atoms with van der Waals surface area (Å²) in [6, 6.07) is 68.6. The molecule has 0 aliphatic carbocycles. The van der Waals surface area contributed by atoms with Crippen molar-refractivity contribution >= 4 is 138 Å². The first-order valence-corrected chi connectivity index (χ1v) is 21.6. The number of rotatable bonds is 4. The second-order valence-electron chi connectivity index (χ2n) is 16.0. The summed E-state index contributed by atoms with van der Waals surface area (Å²) >= 11 is 14.3. The lowest BCUT2D eigenvalue weighted by Crippen LogP contribution is -2.65. The van der Waals surface area contributed by atoms with E-state index in [0.717, 1.165) is 79.4 Å². The van der Waals surface area contributed by atoms with E-state index in [4.69, 9.17) is 33.2 Å². The highest BCUT2D eigenvalue weighted by Gasteiger charge is 2.49. The first-order chi connectivity index (χ1) is 30.6. The van der Waals surface area contributed by atoms with Crippen molar-refractivity contribution in [2.75, 3.05) is 19.6 Å². The summed E-state index contributed by atoms with van der Waals surface area (Å²) in [5.74, 6) is 1.63. The summed E-state index contributed by atoms with van der Waals surface area (Å²) < 4.78 is 0. The summed E-state index contributed by atoms with van der Waals surface area (Å²) in [6.45, 7) is -0.314. The highest BCUT2D eigenvalue weighted by molar-refractivity contribution is 7.03. The van der Waals surface area contributed by atoms with Gasteiger partial charge in [0.05, 0.1) is 0 Å². The van der Waals surface area contributed by atoms with Gasteiger partial charge < -0.3 is 9.80 Å². The van der Waals surface area contributed by atoms with E-state index in [1.54, 1.807) is 0 Å². The number of pyridine rings is 2. The largest absolute Gasteiger partial charge is 0.311 e. The van der Waals surface area contributed by atoms with Crippen molar-refractivity contribution in [2.45, 2.75) is 0 Å². The molecule has 0 spiro atoms. The molecule has 62 heavy (non-hydrogen) atoms. The van der Waals surface area contributed by atoms with E-state index in [-0.39, 0.29) is 13.4 Å². The van der Waals surface area contributed by atoms with E-state index in [0.29, 0.717) is 10.3 Å². The van der Waals surface area contributed by atoms with Gasteiger partial charge in [0.15, 0.2) is 0 Å². The predicted molar refractivity (Wildman–Crippen MR) is 260 cm³/mol. The van der Waals surface area contributed by atoms with Gasteiger partial charge in [-0.3, -0.25) is 9.80 Å². The lowest BCUT2D eigenvalue weighted by atomic mass is 9.30. The molecule has 0 N–H and O–H groups in total. The summed E-state index contributed by atoms with van der Waals surface area (Å²) in [4.78, 5) is 19.7. The van der Waals surface area contributed by atoms with E-state index in [9.17, 15) is 0 Å². The SMILES string of the molecule is Clc1cc2c3c(n1)N(c1ccccc1)c1ccccc1B3c1cc3c(cc1N2c1ccccc1)N(c1ccccc1)c1nc(Cl)cc2c1B3c1ccccc1N2c1ccccc1.